The van der Waals surface area contributed by atoms with Crippen molar-refractivity contribution in [2.45, 2.75) is 39.3 Å². The fourth-order valence-corrected chi connectivity index (χ4v) is 3.57. The van der Waals surface area contributed by atoms with E-state index in [1.54, 1.807) is 11.3 Å². The van der Waals surface area contributed by atoms with Gasteiger partial charge in [-0.05, 0) is 42.7 Å². The summed E-state index contributed by atoms with van der Waals surface area (Å²) >= 11 is 1.63. The summed E-state index contributed by atoms with van der Waals surface area (Å²) < 4.78 is 5.21. The Labute approximate surface area is 134 Å². The van der Waals surface area contributed by atoms with Crippen LogP contribution in [-0.2, 0) is 17.8 Å². The molecule has 0 spiro atoms. The van der Waals surface area contributed by atoms with Crippen molar-refractivity contribution >= 4 is 17.2 Å². The summed E-state index contributed by atoms with van der Waals surface area (Å²) in [6, 6.07) is 2.24. The first-order valence-electron chi connectivity index (χ1n) is 7.56. The van der Waals surface area contributed by atoms with Crippen LogP contribution in [0.4, 0.5) is 0 Å². The van der Waals surface area contributed by atoms with Gasteiger partial charge in [0.1, 0.15) is 5.76 Å². The molecule has 1 aliphatic rings. The first-order valence-corrected chi connectivity index (χ1v) is 8.50. The quantitative estimate of drug-likeness (QED) is 0.918. The maximum Gasteiger partial charge on any atom is 0.224 e. The zero-order chi connectivity index (χ0) is 15.5. The summed E-state index contributed by atoms with van der Waals surface area (Å²) in [6.45, 7) is 6.65. The zero-order valence-electron chi connectivity index (χ0n) is 13.0. The average molecular weight is 319 g/mol. The molecule has 118 valence electrons. The van der Waals surface area contributed by atoms with Crippen molar-refractivity contribution in [1.82, 2.24) is 15.4 Å². The fraction of sp³-hybridized carbons (Fsp3) is 0.500. The average Bonchev–Trinajstić information content (AvgIpc) is 3.19. The van der Waals surface area contributed by atoms with Gasteiger partial charge in [-0.1, -0.05) is 5.16 Å². The number of thiophene rings is 1. The lowest BCUT2D eigenvalue weighted by atomic mass is 10.2. The van der Waals surface area contributed by atoms with Crippen LogP contribution in [0, 0.1) is 13.8 Å². The third kappa shape index (κ3) is 3.56. The zero-order valence-corrected chi connectivity index (χ0v) is 13.8. The summed E-state index contributed by atoms with van der Waals surface area (Å²) in [6.07, 6.45) is 1.47. The van der Waals surface area contributed by atoms with E-state index in [0.29, 0.717) is 6.42 Å². The van der Waals surface area contributed by atoms with Gasteiger partial charge in [0.15, 0.2) is 0 Å². The van der Waals surface area contributed by atoms with Crippen molar-refractivity contribution in [3.63, 3.8) is 0 Å². The molecule has 6 heteroatoms. The van der Waals surface area contributed by atoms with E-state index in [-0.39, 0.29) is 11.9 Å². The van der Waals surface area contributed by atoms with Crippen LogP contribution in [0.15, 0.2) is 21.3 Å². The van der Waals surface area contributed by atoms with Crippen molar-refractivity contribution < 1.29 is 9.32 Å². The summed E-state index contributed by atoms with van der Waals surface area (Å²) in [7, 11) is 0. The number of carbonyl (C=O) groups excluding carboxylic acids is 1. The van der Waals surface area contributed by atoms with Crippen molar-refractivity contribution in [3.8, 4) is 0 Å². The lowest BCUT2D eigenvalue weighted by Gasteiger charge is -2.16. The highest BCUT2D eigenvalue weighted by Crippen LogP contribution is 2.19. The van der Waals surface area contributed by atoms with Gasteiger partial charge >= 0.3 is 0 Å². The molecule has 3 heterocycles. The maximum absolute atomic E-state index is 12.0. The number of amides is 1. The van der Waals surface area contributed by atoms with E-state index in [1.807, 2.05) is 30.7 Å². The molecule has 1 fully saturated rings. The van der Waals surface area contributed by atoms with E-state index < -0.39 is 0 Å². The minimum Gasteiger partial charge on any atom is -0.361 e. The molecular weight excluding hydrogens is 298 g/mol. The van der Waals surface area contributed by atoms with E-state index in [4.69, 9.17) is 4.52 Å². The van der Waals surface area contributed by atoms with Gasteiger partial charge in [0.25, 0.3) is 0 Å². The number of nitrogens with zero attached hydrogens (tertiary/aromatic N) is 2. The molecule has 1 saturated heterocycles. The molecule has 1 N–H and O–H groups in total. The Morgan fingerprint density at radius 3 is 3.09 bits per heavy atom. The summed E-state index contributed by atoms with van der Waals surface area (Å²) in [5.41, 5.74) is 3.22. The molecule has 3 rings (SSSR count). The predicted molar refractivity (Wildman–Crippen MR) is 85.8 cm³/mol. The van der Waals surface area contributed by atoms with Gasteiger partial charge in [-0.25, -0.2) is 0 Å². The Balaban J connectivity index is 1.49. The molecule has 2 aromatic heterocycles. The lowest BCUT2D eigenvalue weighted by Crippen LogP contribution is -2.37. The lowest BCUT2D eigenvalue weighted by molar-refractivity contribution is -0.121. The fourth-order valence-electron chi connectivity index (χ4n) is 2.90. The van der Waals surface area contributed by atoms with Crippen molar-refractivity contribution in [2.75, 3.05) is 13.1 Å². The van der Waals surface area contributed by atoms with E-state index in [0.717, 1.165) is 43.1 Å². The second-order valence-corrected chi connectivity index (χ2v) is 6.68. The third-order valence-electron chi connectivity index (χ3n) is 4.15. The molecule has 1 amide bonds. The van der Waals surface area contributed by atoms with Crippen molar-refractivity contribution in [2.24, 2.45) is 0 Å². The van der Waals surface area contributed by atoms with E-state index in [9.17, 15) is 4.79 Å². The maximum atomic E-state index is 12.0. The molecule has 0 unspecified atom stereocenters. The van der Waals surface area contributed by atoms with Gasteiger partial charge in [-0.2, -0.15) is 11.3 Å². The molecule has 0 aliphatic carbocycles. The number of hydrogen-bond donors (Lipinski definition) is 1. The standard InChI is InChI=1S/C16H21N3O2S/c1-11-15(12(2)21-18-11)9-19-5-3-14(8-19)17-16(20)7-13-4-6-22-10-13/h4,6,10,14H,3,5,7-9H2,1-2H3,(H,17,20)/t14-/m1/s1. The molecule has 5 nitrogen and oxygen atoms in total. The number of carbonyl (C=O) groups is 1. The topological polar surface area (TPSA) is 58.4 Å². The van der Waals surface area contributed by atoms with Crippen LogP contribution < -0.4 is 5.32 Å². The minimum absolute atomic E-state index is 0.114. The molecule has 1 aliphatic heterocycles. The summed E-state index contributed by atoms with van der Waals surface area (Å²) in [5.74, 6) is 1.00. The number of nitrogens with one attached hydrogen (secondary N) is 1. The van der Waals surface area contributed by atoms with E-state index >= 15 is 0 Å². The highest BCUT2D eigenvalue weighted by atomic mass is 32.1. The molecule has 0 radical (unpaired) electrons. The Morgan fingerprint density at radius 1 is 1.55 bits per heavy atom. The first-order chi connectivity index (χ1) is 10.6. The van der Waals surface area contributed by atoms with Crippen LogP contribution in [0.2, 0.25) is 0 Å². The van der Waals surface area contributed by atoms with Gasteiger partial charge < -0.3 is 9.84 Å². The number of likely N-dealkylation sites (tertiary alicyclic amines) is 1. The molecule has 1 atom stereocenters. The highest BCUT2D eigenvalue weighted by molar-refractivity contribution is 7.07. The largest absolute Gasteiger partial charge is 0.361 e. The van der Waals surface area contributed by atoms with Crippen molar-refractivity contribution in [1.29, 1.82) is 0 Å². The minimum atomic E-state index is 0.114. The van der Waals surface area contributed by atoms with Gasteiger partial charge in [0.05, 0.1) is 12.1 Å². The SMILES string of the molecule is Cc1noc(C)c1CN1CC[C@@H](NC(=O)Cc2ccsc2)C1. The molecule has 0 bridgehead atoms. The highest BCUT2D eigenvalue weighted by Gasteiger charge is 2.25. The van der Waals surface area contributed by atoms with Crippen molar-refractivity contribution in [3.05, 3.63) is 39.4 Å². The van der Waals surface area contributed by atoms with Gasteiger partial charge in [0.2, 0.25) is 5.91 Å². The Bertz CT molecular complexity index is 616. The van der Waals surface area contributed by atoms with Crippen LogP contribution in [0.3, 0.4) is 0 Å². The number of hydrogen-bond acceptors (Lipinski definition) is 5. The van der Waals surface area contributed by atoms with Crippen LogP contribution in [0.1, 0.15) is 29.0 Å². The van der Waals surface area contributed by atoms with Gasteiger partial charge in [-0.15, -0.1) is 0 Å². The first kappa shape index (κ1) is 15.2. The molecule has 0 aromatic carbocycles. The summed E-state index contributed by atoms with van der Waals surface area (Å²) in [4.78, 5) is 14.4. The second kappa shape index (κ2) is 6.62. The summed E-state index contributed by atoms with van der Waals surface area (Å²) in [5, 5.41) is 11.2. The normalized spacial score (nSPS) is 18.7. The second-order valence-electron chi connectivity index (χ2n) is 5.90. The van der Waals surface area contributed by atoms with Gasteiger partial charge in [-0.3, -0.25) is 9.69 Å². The number of aromatic nitrogens is 1. The smallest absolute Gasteiger partial charge is 0.224 e. The Hall–Kier alpha value is -1.66. The molecule has 2 aromatic rings. The monoisotopic (exact) mass is 319 g/mol. The van der Waals surface area contributed by atoms with Crippen LogP contribution >= 0.6 is 11.3 Å². The Kier molecular flexibility index (Phi) is 4.59. The molecular formula is C16H21N3O2S. The molecule has 22 heavy (non-hydrogen) atoms. The third-order valence-corrected chi connectivity index (χ3v) is 4.88. The number of rotatable bonds is 5. The van der Waals surface area contributed by atoms with Crippen LogP contribution in [0.25, 0.3) is 0 Å². The number of aryl methyl sites for hydroxylation is 2. The predicted octanol–water partition coefficient (Wildman–Crippen LogP) is 2.29. The van der Waals surface area contributed by atoms with Crippen LogP contribution in [0.5, 0.6) is 0 Å². The van der Waals surface area contributed by atoms with Gasteiger partial charge in [0, 0.05) is 31.2 Å². The van der Waals surface area contributed by atoms with E-state index in [1.165, 1.54) is 5.56 Å². The Morgan fingerprint density at radius 2 is 2.41 bits per heavy atom. The van der Waals surface area contributed by atoms with E-state index in [2.05, 4.69) is 15.4 Å². The molecule has 0 saturated carbocycles. The van der Waals surface area contributed by atoms with Crippen LogP contribution in [-0.4, -0.2) is 35.1 Å².